The lowest BCUT2D eigenvalue weighted by molar-refractivity contribution is -0.111. The number of nitrogens with zero attached hydrogens (tertiary/aromatic N) is 2. The van der Waals surface area contributed by atoms with Gasteiger partial charge in [0.15, 0.2) is 5.60 Å². The van der Waals surface area contributed by atoms with E-state index in [0.717, 1.165) is 64.5 Å². The average Bonchev–Trinajstić information content (AvgIpc) is 3.52. The Morgan fingerprint density at radius 3 is 2.59 bits per heavy atom. The van der Waals surface area contributed by atoms with Crippen molar-refractivity contribution in [2.45, 2.75) is 70.7 Å². The normalized spacial score (nSPS) is 23.6. The van der Waals surface area contributed by atoms with Crippen molar-refractivity contribution in [3.8, 4) is 11.1 Å². The lowest BCUT2D eigenvalue weighted by Gasteiger charge is -2.39. The summed E-state index contributed by atoms with van der Waals surface area (Å²) in [6.07, 6.45) is 4.99. The number of aliphatic hydroxyl groups is 1. The summed E-state index contributed by atoms with van der Waals surface area (Å²) in [5, 5.41) is 24.2. The Bertz CT molecular complexity index is 1210. The van der Waals surface area contributed by atoms with Crippen molar-refractivity contribution in [1.29, 1.82) is 0 Å². The molecular formula is C27H32N4O3. The Kier molecular flexibility index (Phi) is 5.15. The highest BCUT2D eigenvalue weighted by Gasteiger charge is 2.47. The van der Waals surface area contributed by atoms with Gasteiger partial charge in [-0.15, -0.1) is 0 Å². The van der Waals surface area contributed by atoms with Crippen molar-refractivity contribution in [3.63, 3.8) is 0 Å². The summed E-state index contributed by atoms with van der Waals surface area (Å²) in [5.41, 5.74) is 5.57. The van der Waals surface area contributed by atoms with Gasteiger partial charge in [0.2, 0.25) is 0 Å². The van der Waals surface area contributed by atoms with Crippen LogP contribution in [0.15, 0.2) is 34.9 Å². The number of anilines is 2. The molecule has 7 nitrogen and oxygen atoms in total. The maximum atomic E-state index is 12.7. The first kappa shape index (κ1) is 21.6. The third-order valence-corrected chi connectivity index (χ3v) is 7.50. The minimum Gasteiger partial charge on any atom is -0.376 e. The van der Waals surface area contributed by atoms with Crippen LogP contribution in [-0.2, 0) is 10.3 Å². The number of aryl methyl sites for hydroxylation is 3. The molecule has 1 saturated heterocycles. The van der Waals surface area contributed by atoms with Crippen LogP contribution in [0.5, 0.6) is 0 Å². The predicted octanol–water partition coefficient (Wildman–Crippen LogP) is 5.04. The molecule has 0 bridgehead atoms. The second-order valence-corrected chi connectivity index (χ2v) is 10.0. The largest absolute Gasteiger partial charge is 0.376 e. The molecular weight excluding hydrogens is 428 g/mol. The van der Waals surface area contributed by atoms with Gasteiger partial charge in [0.25, 0.3) is 0 Å². The maximum absolute atomic E-state index is 12.7. The van der Waals surface area contributed by atoms with E-state index in [4.69, 9.17) is 14.2 Å². The molecule has 1 aliphatic carbocycles. The molecule has 2 aromatic heterocycles. The van der Waals surface area contributed by atoms with Gasteiger partial charge in [0.1, 0.15) is 5.76 Å². The van der Waals surface area contributed by atoms with Crippen LogP contribution in [0.2, 0.25) is 0 Å². The number of rotatable bonds is 5. The van der Waals surface area contributed by atoms with E-state index >= 15 is 0 Å². The molecule has 6 rings (SSSR count). The number of aromatic nitrogens is 2. The Morgan fingerprint density at radius 1 is 1.06 bits per heavy atom. The summed E-state index contributed by atoms with van der Waals surface area (Å²) < 4.78 is 11.7. The van der Waals surface area contributed by atoms with Crippen molar-refractivity contribution in [1.82, 2.24) is 10.1 Å². The number of nitrogens with one attached hydrogen (secondary N) is 2. The second kappa shape index (κ2) is 8.10. The van der Waals surface area contributed by atoms with Crippen molar-refractivity contribution in [3.05, 3.63) is 58.7 Å². The topological polar surface area (TPSA) is 92.4 Å². The van der Waals surface area contributed by atoms with E-state index in [1.807, 2.05) is 39.0 Å². The van der Waals surface area contributed by atoms with Gasteiger partial charge in [-0.25, -0.2) is 0 Å². The molecule has 3 N–H and O–H groups in total. The van der Waals surface area contributed by atoms with Crippen LogP contribution in [0, 0.1) is 26.7 Å². The molecule has 4 heterocycles. The summed E-state index contributed by atoms with van der Waals surface area (Å²) in [4.78, 5) is 4.81. The molecule has 3 aromatic rings. The summed E-state index contributed by atoms with van der Waals surface area (Å²) in [6.45, 7) is 6.48. The fraction of sp³-hybridized carbons (Fsp3) is 0.481. The minimum atomic E-state index is -1.40. The molecule has 0 spiro atoms. The van der Waals surface area contributed by atoms with Crippen LogP contribution in [-0.4, -0.2) is 34.1 Å². The van der Waals surface area contributed by atoms with Gasteiger partial charge in [-0.3, -0.25) is 4.98 Å². The highest BCUT2D eigenvalue weighted by molar-refractivity contribution is 5.86. The third kappa shape index (κ3) is 3.49. The Hall–Kier alpha value is -2.90. The molecule has 2 aliphatic heterocycles. The van der Waals surface area contributed by atoms with Gasteiger partial charge >= 0.3 is 0 Å². The summed E-state index contributed by atoms with van der Waals surface area (Å²) in [5.74, 6) is 1.36. The van der Waals surface area contributed by atoms with E-state index in [1.165, 1.54) is 12.8 Å². The van der Waals surface area contributed by atoms with E-state index in [1.54, 1.807) is 0 Å². The minimum absolute atomic E-state index is 0.163. The van der Waals surface area contributed by atoms with Gasteiger partial charge in [-0.2, -0.15) is 0 Å². The van der Waals surface area contributed by atoms with E-state index in [9.17, 15) is 5.11 Å². The number of hydrogen-bond donors (Lipinski definition) is 3. The van der Waals surface area contributed by atoms with Crippen LogP contribution in [0.4, 0.5) is 11.4 Å². The predicted molar refractivity (Wildman–Crippen MR) is 131 cm³/mol. The van der Waals surface area contributed by atoms with E-state index < -0.39 is 5.60 Å². The highest BCUT2D eigenvalue weighted by Crippen LogP contribution is 2.50. The first-order valence-corrected chi connectivity index (χ1v) is 12.4. The fourth-order valence-electron chi connectivity index (χ4n) is 5.58. The number of benzene rings is 1. The zero-order valence-electron chi connectivity index (χ0n) is 20.0. The fourth-order valence-corrected chi connectivity index (χ4v) is 5.58. The van der Waals surface area contributed by atoms with Crippen molar-refractivity contribution >= 4 is 11.4 Å². The van der Waals surface area contributed by atoms with Gasteiger partial charge in [0, 0.05) is 23.4 Å². The van der Waals surface area contributed by atoms with Crippen molar-refractivity contribution in [2.24, 2.45) is 5.92 Å². The lowest BCUT2D eigenvalue weighted by atomic mass is 9.79. The SMILES string of the molecule is Cc1cccc(C(O)(c2cc(-c3c(C)noc3C)cc3c2NC(C2CC2)N3)C2CCCCO2)n1. The molecule has 1 aromatic carbocycles. The van der Waals surface area contributed by atoms with Crippen molar-refractivity contribution < 1.29 is 14.4 Å². The van der Waals surface area contributed by atoms with Gasteiger partial charge in [-0.05, 0) is 88.6 Å². The van der Waals surface area contributed by atoms with Crippen LogP contribution >= 0.6 is 0 Å². The number of hydrogen-bond acceptors (Lipinski definition) is 7. The molecule has 3 atom stereocenters. The third-order valence-electron chi connectivity index (χ3n) is 7.50. The van der Waals surface area contributed by atoms with Crippen LogP contribution in [0.1, 0.15) is 60.5 Å². The van der Waals surface area contributed by atoms with E-state index in [0.29, 0.717) is 18.2 Å². The monoisotopic (exact) mass is 460 g/mol. The van der Waals surface area contributed by atoms with Gasteiger partial charge in [-0.1, -0.05) is 11.2 Å². The Balaban J connectivity index is 1.58. The number of ether oxygens (including phenoxy) is 1. The number of pyridine rings is 1. The Labute approximate surface area is 199 Å². The average molecular weight is 461 g/mol. The quantitative estimate of drug-likeness (QED) is 0.491. The molecule has 34 heavy (non-hydrogen) atoms. The zero-order valence-corrected chi connectivity index (χ0v) is 20.0. The molecule has 0 radical (unpaired) electrons. The highest BCUT2D eigenvalue weighted by atomic mass is 16.5. The van der Waals surface area contributed by atoms with E-state index in [-0.39, 0.29) is 12.3 Å². The van der Waals surface area contributed by atoms with Crippen LogP contribution in [0.25, 0.3) is 11.1 Å². The molecule has 178 valence electrons. The summed E-state index contributed by atoms with van der Waals surface area (Å²) >= 11 is 0. The molecule has 0 amide bonds. The molecule has 2 fully saturated rings. The van der Waals surface area contributed by atoms with Gasteiger partial charge in [0.05, 0.1) is 35.0 Å². The molecule has 7 heteroatoms. The van der Waals surface area contributed by atoms with E-state index in [2.05, 4.69) is 27.9 Å². The Morgan fingerprint density at radius 2 is 1.91 bits per heavy atom. The maximum Gasteiger partial charge on any atom is 0.159 e. The lowest BCUT2D eigenvalue weighted by Crippen LogP contribution is -2.45. The zero-order chi connectivity index (χ0) is 23.4. The standard InChI is InChI=1S/C27H32N4O3/c1-15-7-6-8-22(28-15)27(32,23-9-4-5-12-33-23)20-13-19(24-16(2)31-34-17(24)3)14-21-25(20)30-26(29-21)18-10-11-18/h6-8,13-14,18,23,26,29-30,32H,4-5,9-12H2,1-3H3. The molecule has 1 saturated carbocycles. The van der Waals surface area contributed by atoms with Crippen molar-refractivity contribution in [2.75, 3.05) is 17.2 Å². The first-order valence-electron chi connectivity index (χ1n) is 12.4. The molecule has 3 unspecified atom stereocenters. The smallest absolute Gasteiger partial charge is 0.159 e. The molecule has 3 aliphatic rings. The first-order chi connectivity index (χ1) is 16.4. The second-order valence-electron chi connectivity index (χ2n) is 10.0. The van der Waals surface area contributed by atoms with Gasteiger partial charge < -0.3 is 25.0 Å². The van der Waals surface area contributed by atoms with Crippen LogP contribution in [0.3, 0.4) is 0 Å². The number of fused-ring (bicyclic) bond motifs is 1. The summed E-state index contributed by atoms with van der Waals surface area (Å²) in [6, 6.07) is 10.1. The van der Waals surface area contributed by atoms with Crippen LogP contribution < -0.4 is 10.6 Å². The summed E-state index contributed by atoms with van der Waals surface area (Å²) in [7, 11) is 0.